The van der Waals surface area contributed by atoms with Gasteiger partial charge in [0.05, 0.1) is 6.26 Å². The van der Waals surface area contributed by atoms with E-state index in [2.05, 4.69) is 15.5 Å². The molecular weight excluding hydrogens is 258 g/mol. The summed E-state index contributed by atoms with van der Waals surface area (Å²) in [7, 11) is 0. The van der Waals surface area contributed by atoms with Gasteiger partial charge < -0.3 is 14.3 Å². The van der Waals surface area contributed by atoms with Crippen molar-refractivity contribution < 1.29 is 13.7 Å². The molecule has 1 atom stereocenters. The van der Waals surface area contributed by atoms with Crippen molar-refractivity contribution in [3.05, 3.63) is 24.3 Å². The topological polar surface area (TPSA) is 81.2 Å². The Morgan fingerprint density at radius 2 is 2.05 bits per heavy atom. The molecule has 0 spiro atoms. The first-order chi connectivity index (χ1) is 9.49. The molecule has 0 fully saturated rings. The van der Waals surface area contributed by atoms with Gasteiger partial charge in [-0.1, -0.05) is 32.9 Å². The van der Waals surface area contributed by atoms with Gasteiger partial charge in [0, 0.05) is 5.92 Å². The lowest BCUT2D eigenvalue weighted by molar-refractivity contribution is -0.125. The SMILES string of the molecule is CC(C)C(=O)N[C@@H](c1nc(-c2ccco2)no1)C(C)C. The van der Waals surface area contributed by atoms with E-state index in [1.54, 1.807) is 18.4 Å². The van der Waals surface area contributed by atoms with E-state index in [-0.39, 0.29) is 23.8 Å². The smallest absolute Gasteiger partial charge is 0.249 e. The van der Waals surface area contributed by atoms with Crippen molar-refractivity contribution in [2.75, 3.05) is 0 Å². The lowest BCUT2D eigenvalue weighted by Crippen LogP contribution is -2.34. The fourth-order valence-corrected chi connectivity index (χ4v) is 1.70. The molecule has 2 heterocycles. The summed E-state index contributed by atoms with van der Waals surface area (Å²) in [6.45, 7) is 7.66. The Kier molecular flexibility index (Phi) is 4.22. The van der Waals surface area contributed by atoms with Crippen LogP contribution in [-0.4, -0.2) is 16.0 Å². The van der Waals surface area contributed by atoms with E-state index in [1.807, 2.05) is 27.7 Å². The zero-order chi connectivity index (χ0) is 14.7. The lowest BCUT2D eigenvalue weighted by Gasteiger charge is -2.19. The van der Waals surface area contributed by atoms with Crippen molar-refractivity contribution in [3.8, 4) is 11.6 Å². The van der Waals surface area contributed by atoms with Crippen molar-refractivity contribution in [3.63, 3.8) is 0 Å². The van der Waals surface area contributed by atoms with Gasteiger partial charge in [0.1, 0.15) is 6.04 Å². The second-order valence-corrected chi connectivity index (χ2v) is 5.32. The summed E-state index contributed by atoms with van der Waals surface area (Å²) in [6.07, 6.45) is 1.55. The van der Waals surface area contributed by atoms with Crippen molar-refractivity contribution in [2.45, 2.75) is 33.7 Å². The molecule has 6 nitrogen and oxygen atoms in total. The molecule has 2 aromatic rings. The minimum atomic E-state index is -0.305. The summed E-state index contributed by atoms with van der Waals surface area (Å²) in [5.74, 6) is 1.32. The molecule has 2 rings (SSSR count). The quantitative estimate of drug-likeness (QED) is 0.908. The fourth-order valence-electron chi connectivity index (χ4n) is 1.70. The van der Waals surface area contributed by atoms with Gasteiger partial charge in [-0.3, -0.25) is 4.79 Å². The molecule has 1 N–H and O–H groups in total. The van der Waals surface area contributed by atoms with Crippen molar-refractivity contribution in [1.82, 2.24) is 15.5 Å². The summed E-state index contributed by atoms with van der Waals surface area (Å²) < 4.78 is 10.5. The van der Waals surface area contributed by atoms with E-state index in [9.17, 15) is 4.79 Å². The van der Waals surface area contributed by atoms with Crippen LogP contribution >= 0.6 is 0 Å². The van der Waals surface area contributed by atoms with Crippen molar-refractivity contribution in [1.29, 1.82) is 0 Å². The van der Waals surface area contributed by atoms with E-state index in [4.69, 9.17) is 8.94 Å². The number of aromatic nitrogens is 2. The van der Waals surface area contributed by atoms with Gasteiger partial charge in [-0.05, 0) is 18.1 Å². The lowest BCUT2D eigenvalue weighted by atomic mass is 10.0. The molecule has 0 aromatic carbocycles. The predicted molar refractivity (Wildman–Crippen MR) is 72.6 cm³/mol. The van der Waals surface area contributed by atoms with E-state index in [0.29, 0.717) is 17.5 Å². The van der Waals surface area contributed by atoms with Crippen LogP contribution in [0.2, 0.25) is 0 Å². The van der Waals surface area contributed by atoms with Gasteiger partial charge >= 0.3 is 0 Å². The molecule has 108 valence electrons. The standard InChI is InChI=1S/C14H19N3O3/c1-8(2)11(15-13(18)9(3)4)14-16-12(17-20-14)10-6-5-7-19-10/h5-9,11H,1-4H3,(H,15,18)/t11-/m1/s1. The van der Waals surface area contributed by atoms with Gasteiger partial charge in [-0.25, -0.2) is 0 Å². The summed E-state index contributed by atoms with van der Waals surface area (Å²) >= 11 is 0. The molecule has 0 unspecified atom stereocenters. The summed E-state index contributed by atoms with van der Waals surface area (Å²) in [5, 5.41) is 6.81. The molecule has 0 saturated heterocycles. The minimum Gasteiger partial charge on any atom is -0.461 e. The zero-order valence-electron chi connectivity index (χ0n) is 12.1. The first-order valence-corrected chi connectivity index (χ1v) is 6.67. The van der Waals surface area contributed by atoms with Gasteiger partial charge in [0.2, 0.25) is 17.6 Å². The molecule has 20 heavy (non-hydrogen) atoms. The van der Waals surface area contributed by atoms with E-state index >= 15 is 0 Å². The van der Waals surface area contributed by atoms with Crippen LogP contribution in [0.25, 0.3) is 11.6 Å². The summed E-state index contributed by atoms with van der Waals surface area (Å²) in [6, 6.07) is 3.21. The van der Waals surface area contributed by atoms with Gasteiger partial charge in [0.25, 0.3) is 0 Å². The minimum absolute atomic E-state index is 0.0403. The molecule has 6 heteroatoms. The highest BCUT2D eigenvalue weighted by atomic mass is 16.5. The highest BCUT2D eigenvalue weighted by Crippen LogP contribution is 2.24. The highest BCUT2D eigenvalue weighted by molar-refractivity contribution is 5.78. The van der Waals surface area contributed by atoms with Crippen LogP contribution in [0.1, 0.15) is 39.6 Å². The third kappa shape index (κ3) is 3.07. The third-order valence-corrected chi connectivity index (χ3v) is 2.94. The third-order valence-electron chi connectivity index (χ3n) is 2.94. The monoisotopic (exact) mass is 277 g/mol. The van der Waals surface area contributed by atoms with Crippen LogP contribution in [-0.2, 0) is 4.79 Å². The zero-order valence-corrected chi connectivity index (χ0v) is 12.1. The first kappa shape index (κ1) is 14.3. The molecule has 0 aliphatic heterocycles. The molecule has 0 aliphatic rings. The van der Waals surface area contributed by atoms with Crippen molar-refractivity contribution in [2.24, 2.45) is 11.8 Å². The Morgan fingerprint density at radius 3 is 2.60 bits per heavy atom. The van der Waals surface area contributed by atoms with Gasteiger partial charge in [-0.15, -0.1) is 0 Å². The molecule has 0 saturated carbocycles. The Hall–Kier alpha value is -2.11. The maximum absolute atomic E-state index is 11.8. The Bertz CT molecular complexity index is 558. The van der Waals surface area contributed by atoms with Crippen LogP contribution in [0.15, 0.2) is 27.3 Å². The average molecular weight is 277 g/mol. The molecule has 1 amide bonds. The second-order valence-electron chi connectivity index (χ2n) is 5.32. The maximum atomic E-state index is 11.8. The van der Waals surface area contributed by atoms with Crippen LogP contribution in [0, 0.1) is 11.8 Å². The summed E-state index contributed by atoms with van der Waals surface area (Å²) in [4.78, 5) is 16.1. The number of carbonyl (C=O) groups is 1. The highest BCUT2D eigenvalue weighted by Gasteiger charge is 2.26. The number of nitrogens with one attached hydrogen (secondary N) is 1. The normalized spacial score (nSPS) is 12.9. The van der Waals surface area contributed by atoms with Crippen LogP contribution in [0.4, 0.5) is 0 Å². The number of nitrogens with zero attached hydrogens (tertiary/aromatic N) is 2. The van der Waals surface area contributed by atoms with Gasteiger partial charge in [0.15, 0.2) is 5.76 Å². The Morgan fingerprint density at radius 1 is 1.30 bits per heavy atom. The van der Waals surface area contributed by atoms with E-state index in [1.165, 1.54) is 0 Å². The number of amides is 1. The van der Waals surface area contributed by atoms with Crippen molar-refractivity contribution >= 4 is 5.91 Å². The van der Waals surface area contributed by atoms with E-state index in [0.717, 1.165) is 0 Å². The number of hydrogen-bond donors (Lipinski definition) is 1. The average Bonchev–Trinajstić information content (AvgIpc) is 3.05. The Labute approximate surface area is 117 Å². The van der Waals surface area contributed by atoms with Gasteiger partial charge in [-0.2, -0.15) is 4.98 Å². The molecule has 0 bridgehead atoms. The van der Waals surface area contributed by atoms with E-state index < -0.39 is 0 Å². The van der Waals surface area contributed by atoms with Crippen LogP contribution in [0.3, 0.4) is 0 Å². The van der Waals surface area contributed by atoms with Crippen LogP contribution in [0.5, 0.6) is 0 Å². The molecular formula is C14H19N3O3. The Balaban J connectivity index is 2.20. The number of furan rings is 1. The number of rotatable bonds is 5. The number of hydrogen-bond acceptors (Lipinski definition) is 5. The first-order valence-electron chi connectivity index (χ1n) is 6.67. The molecule has 0 aliphatic carbocycles. The predicted octanol–water partition coefficient (Wildman–Crippen LogP) is 2.80. The largest absolute Gasteiger partial charge is 0.461 e. The maximum Gasteiger partial charge on any atom is 0.249 e. The fraction of sp³-hybridized carbons (Fsp3) is 0.500. The summed E-state index contributed by atoms with van der Waals surface area (Å²) in [5.41, 5.74) is 0. The number of carbonyl (C=O) groups excluding carboxylic acids is 1. The van der Waals surface area contributed by atoms with Crippen LogP contribution < -0.4 is 5.32 Å². The molecule has 2 aromatic heterocycles. The second kappa shape index (κ2) is 5.90. The molecule has 0 radical (unpaired) electrons.